The minimum Gasteiger partial charge on any atom is -0.429 e. The summed E-state index contributed by atoms with van der Waals surface area (Å²) in [4.78, 5) is 25.4. The molecule has 13 nitrogen and oxygen atoms in total. The number of ether oxygens (including phenoxy) is 3. The SMILES string of the molecule is Nc1ncnc2c1ncn2[C@H]1C[C@H](OC(=O)OCc2ccccc2)[C@@H](COP(=O)(OCc2ccccc2)N2CCCCC2)O1. The fourth-order valence-corrected chi connectivity index (χ4v) is 7.14. The number of fused-ring (bicyclic) bond motifs is 1. The van der Waals surface area contributed by atoms with Gasteiger partial charge in [0, 0.05) is 19.5 Å². The first-order valence-electron chi connectivity index (χ1n) is 14.6. The predicted octanol–water partition coefficient (Wildman–Crippen LogP) is 5.25. The summed E-state index contributed by atoms with van der Waals surface area (Å²) in [6.07, 6.45) is 2.91. The lowest BCUT2D eigenvalue weighted by Crippen LogP contribution is -2.34. The van der Waals surface area contributed by atoms with Crippen LogP contribution in [0.4, 0.5) is 10.6 Å². The van der Waals surface area contributed by atoms with Crippen molar-refractivity contribution < 1.29 is 32.6 Å². The fourth-order valence-electron chi connectivity index (χ4n) is 5.32. The molecular weight excluding hydrogens is 587 g/mol. The average molecular weight is 623 g/mol. The first kappa shape index (κ1) is 30.2. The molecule has 4 heterocycles. The quantitative estimate of drug-likeness (QED) is 0.172. The highest BCUT2D eigenvalue weighted by atomic mass is 31.2. The number of nitrogens with zero attached hydrogens (tertiary/aromatic N) is 5. The highest BCUT2D eigenvalue weighted by molar-refractivity contribution is 7.51. The van der Waals surface area contributed by atoms with E-state index in [9.17, 15) is 9.36 Å². The topological polar surface area (TPSA) is 153 Å². The van der Waals surface area contributed by atoms with Crippen molar-refractivity contribution >= 4 is 30.9 Å². The summed E-state index contributed by atoms with van der Waals surface area (Å²) in [6, 6.07) is 18.8. The van der Waals surface area contributed by atoms with Crippen LogP contribution in [0.25, 0.3) is 11.2 Å². The average Bonchev–Trinajstić information content (AvgIpc) is 3.68. The maximum absolute atomic E-state index is 14.3. The molecule has 1 unspecified atom stereocenters. The maximum atomic E-state index is 14.3. The van der Waals surface area contributed by atoms with Crippen molar-refractivity contribution in [2.45, 2.75) is 57.3 Å². The molecule has 0 bridgehead atoms. The Morgan fingerprint density at radius 2 is 1.64 bits per heavy atom. The van der Waals surface area contributed by atoms with E-state index in [2.05, 4.69) is 15.0 Å². The third kappa shape index (κ3) is 7.09. The molecule has 0 aliphatic carbocycles. The van der Waals surface area contributed by atoms with Gasteiger partial charge in [-0.15, -0.1) is 0 Å². The highest BCUT2D eigenvalue weighted by Crippen LogP contribution is 2.54. The number of imidazole rings is 1. The Morgan fingerprint density at radius 3 is 2.36 bits per heavy atom. The van der Waals surface area contributed by atoms with Gasteiger partial charge in [-0.3, -0.25) is 13.6 Å². The van der Waals surface area contributed by atoms with Gasteiger partial charge < -0.3 is 19.9 Å². The summed E-state index contributed by atoms with van der Waals surface area (Å²) in [5.41, 5.74) is 8.59. The normalized spacial score (nSPS) is 22.0. The molecule has 2 aromatic carbocycles. The second-order valence-corrected chi connectivity index (χ2v) is 12.7. The van der Waals surface area contributed by atoms with Gasteiger partial charge in [-0.1, -0.05) is 67.1 Å². The molecular formula is C30H35N6O7P. The number of carbonyl (C=O) groups is 1. The Balaban J connectivity index is 1.19. The number of carbonyl (C=O) groups excluding carboxylic acids is 1. The Hall–Kier alpha value is -3.87. The predicted molar refractivity (Wildman–Crippen MR) is 160 cm³/mol. The monoisotopic (exact) mass is 622 g/mol. The molecule has 2 aromatic heterocycles. The zero-order valence-electron chi connectivity index (χ0n) is 24.1. The molecule has 6 rings (SSSR count). The van der Waals surface area contributed by atoms with Crippen LogP contribution in [0.2, 0.25) is 0 Å². The Bertz CT molecular complexity index is 1580. The number of piperidine rings is 1. The largest absolute Gasteiger partial charge is 0.508 e. The molecule has 2 aliphatic rings. The highest BCUT2D eigenvalue weighted by Gasteiger charge is 2.43. The Kier molecular flexibility index (Phi) is 9.48. The van der Waals surface area contributed by atoms with Gasteiger partial charge >= 0.3 is 13.9 Å². The summed E-state index contributed by atoms with van der Waals surface area (Å²) in [7, 11) is -3.73. The third-order valence-electron chi connectivity index (χ3n) is 7.64. The number of rotatable bonds is 11. The van der Waals surface area contributed by atoms with E-state index in [1.807, 2.05) is 60.7 Å². The summed E-state index contributed by atoms with van der Waals surface area (Å²) in [5.74, 6) is 0.238. The zero-order chi connectivity index (χ0) is 30.4. The van der Waals surface area contributed by atoms with Gasteiger partial charge in [-0.05, 0) is 24.0 Å². The second-order valence-electron chi connectivity index (χ2n) is 10.7. The number of nitrogens with two attached hydrogens (primary N) is 1. The molecule has 0 spiro atoms. The van der Waals surface area contributed by atoms with Gasteiger partial charge in [0.2, 0.25) is 0 Å². The number of anilines is 1. The van der Waals surface area contributed by atoms with Crippen molar-refractivity contribution in [3.05, 3.63) is 84.4 Å². The molecule has 2 saturated heterocycles. The van der Waals surface area contributed by atoms with Crippen LogP contribution in [0, 0.1) is 0 Å². The van der Waals surface area contributed by atoms with Gasteiger partial charge in [0.1, 0.15) is 36.9 Å². The lowest BCUT2D eigenvalue weighted by Gasteiger charge is -2.33. The van der Waals surface area contributed by atoms with Crippen LogP contribution in [-0.2, 0) is 41.0 Å². The van der Waals surface area contributed by atoms with E-state index >= 15 is 0 Å². The van der Waals surface area contributed by atoms with E-state index in [1.165, 1.54) is 6.33 Å². The summed E-state index contributed by atoms with van der Waals surface area (Å²) in [5, 5.41) is 0. The molecule has 44 heavy (non-hydrogen) atoms. The number of aromatic nitrogens is 4. The third-order valence-corrected chi connectivity index (χ3v) is 9.67. The van der Waals surface area contributed by atoms with E-state index < -0.39 is 32.3 Å². The molecule has 4 aromatic rings. The smallest absolute Gasteiger partial charge is 0.429 e. The van der Waals surface area contributed by atoms with Crippen LogP contribution in [0.3, 0.4) is 0 Å². The minimum absolute atomic E-state index is 0.0533. The summed E-state index contributed by atoms with van der Waals surface area (Å²) >= 11 is 0. The van der Waals surface area contributed by atoms with Crippen molar-refractivity contribution in [2.24, 2.45) is 0 Å². The lowest BCUT2D eigenvalue weighted by atomic mass is 10.2. The summed E-state index contributed by atoms with van der Waals surface area (Å²) < 4.78 is 47.3. The van der Waals surface area contributed by atoms with Crippen LogP contribution in [0.5, 0.6) is 0 Å². The van der Waals surface area contributed by atoms with Gasteiger partial charge in [-0.25, -0.2) is 29.0 Å². The first-order chi connectivity index (χ1) is 21.5. The first-order valence-corrected chi connectivity index (χ1v) is 16.1. The molecule has 14 heteroatoms. The number of nitrogen functional groups attached to an aromatic ring is 1. The minimum atomic E-state index is -3.73. The van der Waals surface area contributed by atoms with Gasteiger partial charge in [0.15, 0.2) is 11.5 Å². The van der Waals surface area contributed by atoms with Crippen molar-refractivity contribution in [1.82, 2.24) is 24.2 Å². The van der Waals surface area contributed by atoms with Crippen LogP contribution < -0.4 is 5.73 Å². The van der Waals surface area contributed by atoms with Crippen molar-refractivity contribution in [3.63, 3.8) is 0 Å². The maximum Gasteiger partial charge on any atom is 0.508 e. The van der Waals surface area contributed by atoms with Crippen molar-refractivity contribution in [3.8, 4) is 0 Å². The molecule has 2 fully saturated rings. The van der Waals surface area contributed by atoms with E-state index in [4.69, 9.17) is 29.0 Å². The molecule has 0 saturated carbocycles. The molecule has 232 valence electrons. The molecule has 2 N–H and O–H groups in total. The second kappa shape index (κ2) is 13.8. The van der Waals surface area contributed by atoms with Gasteiger partial charge in [0.25, 0.3) is 0 Å². The van der Waals surface area contributed by atoms with Crippen LogP contribution in [0.15, 0.2) is 73.3 Å². The molecule has 2 aliphatic heterocycles. The fraction of sp³-hybridized carbons (Fsp3) is 0.400. The van der Waals surface area contributed by atoms with Crippen molar-refractivity contribution in [2.75, 3.05) is 25.4 Å². The van der Waals surface area contributed by atoms with E-state index in [1.54, 1.807) is 15.6 Å². The van der Waals surface area contributed by atoms with E-state index in [0.717, 1.165) is 30.4 Å². The van der Waals surface area contributed by atoms with Gasteiger partial charge in [0.05, 0.1) is 19.5 Å². The Morgan fingerprint density at radius 1 is 0.932 bits per heavy atom. The number of benzene rings is 2. The van der Waals surface area contributed by atoms with E-state index in [-0.39, 0.29) is 32.1 Å². The van der Waals surface area contributed by atoms with E-state index in [0.29, 0.717) is 24.3 Å². The van der Waals surface area contributed by atoms with Crippen LogP contribution in [0.1, 0.15) is 43.0 Å². The standard InChI is InChI=1S/C30H35N6O7P/c31-28-27-29(33-20-32-28)36(21-34-27)26-16-24(43-30(37)39-17-22-10-4-1-5-11-22)25(42-26)19-41-44(38,35-14-8-3-9-15-35)40-18-23-12-6-2-7-13-23/h1-2,4-7,10-13,20-21,24-26H,3,8-9,14-19H2,(H2,31,32,33)/t24-,25+,26+,44?/m0/s1. The number of hydrogen-bond donors (Lipinski definition) is 1. The molecule has 0 amide bonds. The summed E-state index contributed by atoms with van der Waals surface area (Å²) in [6.45, 7) is 1.20. The van der Waals surface area contributed by atoms with Crippen LogP contribution >= 0.6 is 7.75 Å². The zero-order valence-corrected chi connectivity index (χ0v) is 25.0. The van der Waals surface area contributed by atoms with Crippen molar-refractivity contribution in [1.29, 1.82) is 0 Å². The van der Waals surface area contributed by atoms with Gasteiger partial charge in [-0.2, -0.15) is 0 Å². The lowest BCUT2D eigenvalue weighted by molar-refractivity contribution is -0.0562. The Labute approximate surface area is 254 Å². The van der Waals surface area contributed by atoms with Crippen LogP contribution in [-0.4, -0.2) is 62.2 Å². The molecule has 0 radical (unpaired) electrons. The number of hydrogen-bond acceptors (Lipinski definition) is 11. The molecule has 4 atom stereocenters.